The Hall–Kier alpha value is -1.58. The maximum atomic E-state index is 12.6. The van der Waals surface area contributed by atoms with Crippen LogP contribution >= 0.6 is 0 Å². The van der Waals surface area contributed by atoms with E-state index < -0.39 is 6.43 Å². The van der Waals surface area contributed by atoms with Crippen LogP contribution in [0.25, 0.3) is 10.9 Å². The normalized spacial score (nSPS) is 11.4. The van der Waals surface area contributed by atoms with Crippen molar-refractivity contribution in [2.75, 3.05) is 5.73 Å². The maximum absolute atomic E-state index is 12.6. The summed E-state index contributed by atoms with van der Waals surface area (Å²) < 4.78 is 25.2. The highest BCUT2D eigenvalue weighted by Gasteiger charge is 2.15. The molecule has 2 nitrogen and oxygen atoms in total. The van der Waals surface area contributed by atoms with Crippen LogP contribution in [0.2, 0.25) is 0 Å². The van der Waals surface area contributed by atoms with Crippen molar-refractivity contribution in [3.05, 3.63) is 29.5 Å². The molecule has 0 saturated heterocycles. The fourth-order valence-corrected chi connectivity index (χ4v) is 1.64. The molecular weight excluding hydrogens is 186 g/mol. The van der Waals surface area contributed by atoms with Crippen molar-refractivity contribution in [3.63, 3.8) is 0 Å². The van der Waals surface area contributed by atoms with Gasteiger partial charge in [-0.2, -0.15) is 0 Å². The molecule has 2 aromatic rings. The molecule has 0 bridgehead atoms. The second kappa shape index (κ2) is 2.97. The van der Waals surface area contributed by atoms with Gasteiger partial charge in [-0.3, -0.25) is 0 Å². The fourth-order valence-electron chi connectivity index (χ4n) is 1.64. The van der Waals surface area contributed by atoms with E-state index >= 15 is 0 Å². The first kappa shape index (κ1) is 8.99. The molecule has 14 heavy (non-hydrogen) atoms. The zero-order valence-electron chi connectivity index (χ0n) is 7.64. The molecule has 0 spiro atoms. The lowest BCUT2D eigenvalue weighted by Crippen LogP contribution is -1.89. The molecule has 0 amide bonds. The predicted molar refractivity (Wildman–Crippen MR) is 52.4 cm³/mol. The predicted octanol–water partition coefficient (Wildman–Crippen LogP) is 3.00. The first-order valence-corrected chi connectivity index (χ1v) is 4.25. The topological polar surface area (TPSA) is 41.8 Å². The van der Waals surface area contributed by atoms with Gasteiger partial charge in [0.1, 0.15) is 0 Å². The molecule has 1 aromatic carbocycles. The van der Waals surface area contributed by atoms with Gasteiger partial charge in [-0.15, -0.1) is 0 Å². The van der Waals surface area contributed by atoms with Gasteiger partial charge in [0.2, 0.25) is 0 Å². The second-order valence-electron chi connectivity index (χ2n) is 3.27. The zero-order valence-corrected chi connectivity index (χ0v) is 7.64. The summed E-state index contributed by atoms with van der Waals surface area (Å²) in [5, 5.41) is 0.542. The summed E-state index contributed by atoms with van der Waals surface area (Å²) in [5.74, 6) is 0. The number of fused-ring (bicyclic) bond motifs is 1. The zero-order chi connectivity index (χ0) is 10.3. The van der Waals surface area contributed by atoms with Crippen LogP contribution in [-0.4, -0.2) is 4.98 Å². The molecule has 74 valence electrons. The quantitative estimate of drug-likeness (QED) is 0.676. The minimum absolute atomic E-state index is 0.0183. The lowest BCUT2D eigenvalue weighted by Gasteiger charge is -2.02. The molecular formula is C10H10F2N2. The van der Waals surface area contributed by atoms with E-state index in [1.807, 2.05) is 0 Å². The van der Waals surface area contributed by atoms with Gasteiger partial charge < -0.3 is 10.7 Å². The number of aryl methyl sites for hydroxylation is 1. The van der Waals surface area contributed by atoms with Crippen LogP contribution in [0.4, 0.5) is 14.5 Å². The van der Waals surface area contributed by atoms with Gasteiger partial charge in [0.15, 0.2) is 0 Å². The number of benzene rings is 1. The lowest BCUT2D eigenvalue weighted by molar-refractivity contribution is 0.153. The Morgan fingerprint density at radius 2 is 2.07 bits per heavy atom. The van der Waals surface area contributed by atoms with Gasteiger partial charge in [-0.25, -0.2) is 8.78 Å². The number of nitrogens with two attached hydrogens (primary N) is 1. The number of anilines is 1. The van der Waals surface area contributed by atoms with Crippen LogP contribution in [0.1, 0.15) is 17.6 Å². The van der Waals surface area contributed by atoms with Crippen molar-refractivity contribution in [3.8, 4) is 0 Å². The number of hydrogen-bond donors (Lipinski definition) is 2. The first-order chi connectivity index (χ1) is 6.61. The molecule has 2 rings (SSSR count). The second-order valence-corrected chi connectivity index (χ2v) is 3.27. The average Bonchev–Trinajstić information content (AvgIpc) is 2.56. The largest absolute Gasteiger partial charge is 0.397 e. The molecule has 0 atom stereocenters. The van der Waals surface area contributed by atoms with Crippen LogP contribution in [0.3, 0.4) is 0 Å². The van der Waals surface area contributed by atoms with Gasteiger partial charge in [0.05, 0.1) is 11.2 Å². The molecule has 0 aliphatic rings. The van der Waals surface area contributed by atoms with E-state index in [1.54, 1.807) is 19.1 Å². The number of hydrogen-bond acceptors (Lipinski definition) is 1. The van der Waals surface area contributed by atoms with Gasteiger partial charge in [0, 0.05) is 17.1 Å². The van der Waals surface area contributed by atoms with Crippen LogP contribution < -0.4 is 5.73 Å². The molecule has 1 aromatic heterocycles. The Kier molecular flexibility index (Phi) is 1.91. The van der Waals surface area contributed by atoms with Crippen molar-refractivity contribution < 1.29 is 8.78 Å². The van der Waals surface area contributed by atoms with Gasteiger partial charge in [0.25, 0.3) is 6.43 Å². The third kappa shape index (κ3) is 1.14. The number of rotatable bonds is 1. The Labute approximate surface area is 79.7 Å². The number of alkyl halides is 2. The Balaban J connectivity index is 2.84. The fraction of sp³-hybridized carbons (Fsp3) is 0.200. The molecule has 0 aliphatic carbocycles. The van der Waals surface area contributed by atoms with Gasteiger partial charge in [-0.1, -0.05) is 6.07 Å². The summed E-state index contributed by atoms with van der Waals surface area (Å²) in [6, 6.07) is 3.46. The summed E-state index contributed by atoms with van der Waals surface area (Å²) in [4.78, 5) is 2.77. The van der Waals surface area contributed by atoms with E-state index in [0.29, 0.717) is 16.6 Å². The Morgan fingerprint density at radius 3 is 2.71 bits per heavy atom. The Bertz CT molecular complexity index is 474. The number of nitrogens with one attached hydrogen (secondary N) is 1. The first-order valence-electron chi connectivity index (χ1n) is 4.25. The Morgan fingerprint density at radius 1 is 1.36 bits per heavy atom. The van der Waals surface area contributed by atoms with E-state index in [0.717, 1.165) is 5.56 Å². The van der Waals surface area contributed by atoms with E-state index in [-0.39, 0.29) is 5.56 Å². The molecule has 0 unspecified atom stereocenters. The molecule has 4 heteroatoms. The molecule has 0 fully saturated rings. The molecule has 0 saturated carbocycles. The van der Waals surface area contributed by atoms with Crippen molar-refractivity contribution in [2.24, 2.45) is 0 Å². The van der Waals surface area contributed by atoms with Gasteiger partial charge >= 0.3 is 0 Å². The SMILES string of the molecule is Cc1ccc(N)c2[nH]cc(C(F)F)c12. The highest BCUT2D eigenvalue weighted by Crippen LogP contribution is 2.32. The number of halogens is 2. The van der Waals surface area contributed by atoms with Crippen molar-refractivity contribution in [1.29, 1.82) is 0 Å². The standard InChI is InChI=1S/C10H10F2N2/c1-5-2-3-7(13)9-8(5)6(4-14-9)10(11)12/h2-4,10,14H,13H2,1H3. The summed E-state index contributed by atoms with van der Waals surface area (Å²) in [6.45, 7) is 1.79. The number of H-pyrrole nitrogens is 1. The number of aromatic nitrogens is 1. The van der Waals surface area contributed by atoms with Crippen LogP contribution in [0.5, 0.6) is 0 Å². The van der Waals surface area contributed by atoms with Gasteiger partial charge in [-0.05, 0) is 18.6 Å². The van der Waals surface area contributed by atoms with E-state index in [1.165, 1.54) is 6.20 Å². The van der Waals surface area contributed by atoms with Crippen molar-refractivity contribution in [2.45, 2.75) is 13.3 Å². The smallest absolute Gasteiger partial charge is 0.265 e. The van der Waals surface area contributed by atoms with Crippen LogP contribution in [0.15, 0.2) is 18.3 Å². The monoisotopic (exact) mass is 196 g/mol. The minimum Gasteiger partial charge on any atom is -0.397 e. The molecule has 1 heterocycles. The molecule has 0 aliphatic heterocycles. The minimum atomic E-state index is -2.47. The van der Waals surface area contributed by atoms with Crippen LogP contribution in [0, 0.1) is 6.92 Å². The van der Waals surface area contributed by atoms with E-state index in [4.69, 9.17) is 5.73 Å². The summed E-state index contributed by atoms with van der Waals surface area (Å²) in [5.41, 5.74) is 7.59. The number of nitrogen functional groups attached to an aromatic ring is 1. The summed E-state index contributed by atoms with van der Waals surface area (Å²) in [7, 11) is 0. The molecule has 0 radical (unpaired) electrons. The third-order valence-electron chi connectivity index (χ3n) is 2.34. The third-order valence-corrected chi connectivity index (χ3v) is 2.34. The maximum Gasteiger partial charge on any atom is 0.265 e. The molecule has 3 N–H and O–H groups in total. The van der Waals surface area contributed by atoms with E-state index in [9.17, 15) is 8.78 Å². The van der Waals surface area contributed by atoms with Crippen LogP contribution in [-0.2, 0) is 0 Å². The van der Waals surface area contributed by atoms with Crippen molar-refractivity contribution in [1.82, 2.24) is 4.98 Å². The lowest BCUT2D eigenvalue weighted by atomic mass is 10.1. The number of aromatic amines is 1. The van der Waals surface area contributed by atoms with E-state index in [2.05, 4.69) is 4.98 Å². The summed E-state index contributed by atoms with van der Waals surface area (Å²) >= 11 is 0. The average molecular weight is 196 g/mol. The highest BCUT2D eigenvalue weighted by molar-refractivity contribution is 5.95. The highest BCUT2D eigenvalue weighted by atomic mass is 19.3. The summed E-state index contributed by atoms with van der Waals surface area (Å²) in [6.07, 6.45) is -1.15. The van der Waals surface area contributed by atoms with Crippen molar-refractivity contribution >= 4 is 16.6 Å².